The third-order valence-corrected chi connectivity index (χ3v) is 4.66. The molecule has 0 bridgehead atoms. The van der Waals surface area contributed by atoms with Gasteiger partial charge in [-0.25, -0.2) is 4.39 Å². The summed E-state index contributed by atoms with van der Waals surface area (Å²) < 4.78 is 15.0. The maximum atomic E-state index is 13.1. The van der Waals surface area contributed by atoms with E-state index in [-0.39, 0.29) is 11.7 Å². The van der Waals surface area contributed by atoms with Crippen molar-refractivity contribution in [1.29, 1.82) is 0 Å². The van der Waals surface area contributed by atoms with Crippen molar-refractivity contribution in [3.8, 4) is 0 Å². The van der Waals surface area contributed by atoms with Gasteiger partial charge in [-0.2, -0.15) is 0 Å². The van der Waals surface area contributed by atoms with Crippen LogP contribution >= 0.6 is 0 Å². The fourth-order valence-electron chi connectivity index (χ4n) is 3.29. The molecule has 24 heavy (non-hydrogen) atoms. The Labute approximate surface area is 140 Å². The predicted octanol–water partition coefficient (Wildman–Crippen LogP) is 2.58. The Morgan fingerprint density at radius 1 is 1.21 bits per heavy atom. The van der Waals surface area contributed by atoms with Crippen LogP contribution < -0.4 is 4.90 Å². The van der Waals surface area contributed by atoms with E-state index in [1.54, 1.807) is 12.1 Å². The van der Waals surface area contributed by atoms with Gasteiger partial charge in [-0.05, 0) is 44.5 Å². The quantitative estimate of drug-likeness (QED) is 0.864. The minimum Gasteiger partial charge on any atom is -0.330 e. The first-order valence-corrected chi connectivity index (χ1v) is 8.02. The van der Waals surface area contributed by atoms with Crippen LogP contribution in [0.15, 0.2) is 24.3 Å². The first kappa shape index (κ1) is 16.4. The van der Waals surface area contributed by atoms with Gasteiger partial charge < -0.3 is 9.80 Å². The van der Waals surface area contributed by atoms with E-state index >= 15 is 0 Å². The molecular weight excluding hydrogens is 309 g/mol. The molecule has 1 saturated heterocycles. The lowest BCUT2D eigenvalue weighted by Crippen LogP contribution is -2.44. The van der Waals surface area contributed by atoms with E-state index < -0.39 is 5.54 Å². The van der Waals surface area contributed by atoms with Gasteiger partial charge in [-0.15, -0.1) is 10.2 Å². The zero-order valence-corrected chi connectivity index (χ0v) is 14.5. The molecule has 0 N–H and O–H groups in total. The van der Waals surface area contributed by atoms with Gasteiger partial charge >= 0.3 is 0 Å². The van der Waals surface area contributed by atoms with Crippen LogP contribution in [0.1, 0.15) is 32.5 Å². The topological polar surface area (TPSA) is 54.3 Å². The van der Waals surface area contributed by atoms with Gasteiger partial charge in [0.15, 0.2) is 5.82 Å². The molecule has 1 aliphatic heterocycles. The van der Waals surface area contributed by atoms with Crippen LogP contribution in [0, 0.1) is 5.82 Å². The first-order valence-electron chi connectivity index (χ1n) is 8.02. The molecule has 1 aliphatic rings. The van der Waals surface area contributed by atoms with E-state index in [2.05, 4.69) is 10.2 Å². The summed E-state index contributed by atoms with van der Waals surface area (Å²) in [6, 6.07) is 6.21. The second-order valence-electron chi connectivity index (χ2n) is 6.63. The third kappa shape index (κ3) is 2.64. The van der Waals surface area contributed by atoms with Crippen LogP contribution in [0.5, 0.6) is 0 Å². The number of nitrogens with zero attached hydrogens (tertiary/aromatic N) is 5. The molecule has 2 heterocycles. The summed E-state index contributed by atoms with van der Waals surface area (Å²) in [5, 5.41) is 8.62. The van der Waals surface area contributed by atoms with Crippen LogP contribution in [0.2, 0.25) is 0 Å². The Morgan fingerprint density at radius 3 is 2.46 bits per heavy atom. The molecule has 0 unspecified atom stereocenters. The predicted molar refractivity (Wildman–Crippen MR) is 89.4 cm³/mol. The monoisotopic (exact) mass is 331 g/mol. The summed E-state index contributed by atoms with van der Waals surface area (Å²) in [5.74, 6) is 1.23. The second-order valence-corrected chi connectivity index (χ2v) is 6.63. The third-order valence-electron chi connectivity index (χ3n) is 4.66. The van der Waals surface area contributed by atoms with Crippen LogP contribution in [-0.2, 0) is 17.4 Å². The molecule has 1 aromatic heterocycles. The van der Waals surface area contributed by atoms with Crippen LogP contribution in [0.25, 0.3) is 0 Å². The van der Waals surface area contributed by atoms with Gasteiger partial charge in [-0.1, -0.05) is 0 Å². The summed E-state index contributed by atoms with van der Waals surface area (Å²) in [5.41, 5.74) is 0.283. The fourth-order valence-corrected chi connectivity index (χ4v) is 3.29. The number of hydrogen-bond acceptors (Lipinski definition) is 4. The molecule has 6 nitrogen and oxygen atoms in total. The highest BCUT2D eigenvalue weighted by molar-refractivity contribution is 5.79. The summed E-state index contributed by atoms with van der Waals surface area (Å²) >= 11 is 0. The van der Waals surface area contributed by atoms with Crippen molar-refractivity contribution in [2.75, 3.05) is 18.5 Å². The van der Waals surface area contributed by atoms with E-state index in [0.29, 0.717) is 12.4 Å². The zero-order valence-electron chi connectivity index (χ0n) is 14.5. The van der Waals surface area contributed by atoms with Crippen molar-refractivity contribution in [2.45, 2.75) is 32.2 Å². The normalized spacial score (nSPS) is 15.2. The van der Waals surface area contributed by atoms with E-state index in [9.17, 15) is 9.18 Å². The Bertz CT molecular complexity index is 753. The molecule has 1 amide bonds. The van der Waals surface area contributed by atoms with Crippen molar-refractivity contribution in [3.63, 3.8) is 0 Å². The number of anilines is 2. The zero-order chi connectivity index (χ0) is 17.5. The first-order chi connectivity index (χ1) is 11.3. The molecule has 2 aromatic rings. The number of likely N-dealkylation sites (tertiary alicyclic amines) is 1. The SMILES string of the molecule is CN(c1ccc(F)cc1)c1nnc(C(C)(C)N2CCCC2=O)n1C. The van der Waals surface area contributed by atoms with Crippen LogP contribution in [-0.4, -0.2) is 39.2 Å². The minimum atomic E-state index is -0.531. The number of benzene rings is 1. The molecule has 1 aromatic carbocycles. The molecule has 0 spiro atoms. The van der Waals surface area contributed by atoms with E-state index in [1.165, 1.54) is 12.1 Å². The smallest absolute Gasteiger partial charge is 0.231 e. The van der Waals surface area contributed by atoms with E-state index in [1.807, 2.05) is 42.3 Å². The highest BCUT2D eigenvalue weighted by atomic mass is 19.1. The number of carbonyl (C=O) groups is 1. The molecule has 0 atom stereocenters. The fraction of sp³-hybridized carbons (Fsp3) is 0.471. The minimum absolute atomic E-state index is 0.149. The van der Waals surface area contributed by atoms with Gasteiger partial charge in [-0.3, -0.25) is 9.36 Å². The van der Waals surface area contributed by atoms with E-state index in [4.69, 9.17) is 0 Å². The Kier molecular flexibility index (Phi) is 4.03. The Balaban J connectivity index is 1.93. The van der Waals surface area contributed by atoms with E-state index in [0.717, 1.165) is 24.5 Å². The highest BCUT2D eigenvalue weighted by Crippen LogP contribution is 2.32. The van der Waals surface area contributed by atoms with Gasteiger partial charge in [0.2, 0.25) is 11.9 Å². The number of hydrogen-bond donors (Lipinski definition) is 0. The molecule has 0 saturated carbocycles. The van der Waals surface area contributed by atoms with Gasteiger partial charge in [0.1, 0.15) is 5.82 Å². The van der Waals surface area contributed by atoms with Gasteiger partial charge in [0.25, 0.3) is 0 Å². The Hall–Kier alpha value is -2.44. The average molecular weight is 331 g/mol. The number of halogens is 1. The lowest BCUT2D eigenvalue weighted by Gasteiger charge is -2.34. The second kappa shape index (κ2) is 5.89. The summed E-state index contributed by atoms with van der Waals surface area (Å²) in [6.07, 6.45) is 1.46. The van der Waals surface area contributed by atoms with Crippen LogP contribution in [0.3, 0.4) is 0 Å². The largest absolute Gasteiger partial charge is 0.330 e. The maximum absolute atomic E-state index is 13.1. The van der Waals surface area contributed by atoms with Crippen molar-refractivity contribution in [3.05, 3.63) is 35.9 Å². The molecule has 128 valence electrons. The number of amides is 1. The van der Waals surface area contributed by atoms with Crippen molar-refractivity contribution < 1.29 is 9.18 Å². The molecular formula is C17H22FN5O. The van der Waals surface area contributed by atoms with Crippen molar-refractivity contribution >= 4 is 17.5 Å². The molecule has 0 aliphatic carbocycles. The standard InChI is InChI=1S/C17H22FN5O/c1-17(2,23-11-5-6-14(23)24)15-19-20-16(22(15)4)21(3)13-9-7-12(18)8-10-13/h7-10H,5-6,11H2,1-4H3. The molecule has 0 radical (unpaired) electrons. The average Bonchev–Trinajstić information content (AvgIpc) is 3.14. The number of carbonyl (C=O) groups excluding carboxylic acids is 1. The van der Waals surface area contributed by atoms with Crippen LogP contribution in [0.4, 0.5) is 16.0 Å². The summed E-state index contributed by atoms with van der Waals surface area (Å²) in [7, 11) is 3.74. The summed E-state index contributed by atoms with van der Waals surface area (Å²) in [4.78, 5) is 15.8. The molecule has 1 fully saturated rings. The van der Waals surface area contributed by atoms with Gasteiger partial charge in [0, 0.05) is 32.7 Å². The molecule has 7 heteroatoms. The van der Waals surface area contributed by atoms with Crippen molar-refractivity contribution in [1.82, 2.24) is 19.7 Å². The lowest BCUT2D eigenvalue weighted by molar-refractivity contribution is -0.132. The van der Waals surface area contributed by atoms with Crippen molar-refractivity contribution in [2.24, 2.45) is 7.05 Å². The number of aromatic nitrogens is 3. The molecule has 3 rings (SSSR count). The lowest BCUT2D eigenvalue weighted by atomic mass is 10.0. The maximum Gasteiger partial charge on any atom is 0.231 e. The highest BCUT2D eigenvalue weighted by Gasteiger charge is 2.39. The van der Waals surface area contributed by atoms with Gasteiger partial charge in [0.05, 0.1) is 5.54 Å². The summed E-state index contributed by atoms with van der Waals surface area (Å²) in [6.45, 7) is 4.71. The number of rotatable bonds is 4. The Morgan fingerprint density at radius 2 is 1.88 bits per heavy atom.